The van der Waals surface area contributed by atoms with Gasteiger partial charge in [0.2, 0.25) is 0 Å². The summed E-state index contributed by atoms with van der Waals surface area (Å²) in [6.07, 6.45) is 13.9. The van der Waals surface area contributed by atoms with Crippen molar-refractivity contribution in [3.05, 3.63) is 0 Å². The highest BCUT2D eigenvalue weighted by Gasteiger charge is 2.25. The first-order valence-corrected chi connectivity index (χ1v) is 8.58. The van der Waals surface area contributed by atoms with Crippen molar-refractivity contribution in [3.63, 3.8) is 0 Å². The van der Waals surface area contributed by atoms with Crippen molar-refractivity contribution in [2.75, 3.05) is 14.1 Å². The molecule has 0 aliphatic heterocycles. The lowest BCUT2D eigenvalue weighted by Crippen LogP contribution is -2.43. The third kappa shape index (κ3) is 6.27. The van der Waals surface area contributed by atoms with Crippen molar-refractivity contribution in [2.45, 2.75) is 96.2 Å². The third-order valence-corrected chi connectivity index (χ3v) is 5.10. The van der Waals surface area contributed by atoms with Crippen LogP contribution in [-0.4, -0.2) is 37.1 Å². The van der Waals surface area contributed by atoms with E-state index in [1.165, 1.54) is 64.2 Å². The topological polar surface area (TPSA) is 15.3 Å². The normalized spacial score (nSPS) is 25.7. The summed E-state index contributed by atoms with van der Waals surface area (Å²) in [5.74, 6) is 0. The zero-order chi connectivity index (χ0) is 14.1. The fraction of sp³-hybridized carbons (Fsp3) is 1.00. The first-order chi connectivity index (χ1) is 9.19. The predicted octanol–water partition coefficient (Wildman–Crippen LogP) is 4.20. The number of rotatable bonds is 9. The second-order valence-corrected chi connectivity index (χ2v) is 6.51. The Bertz CT molecular complexity index is 209. The van der Waals surface area contributed by atoms with E-state index in [2.05, 4.69) is 38.2 Å². The van der Waals surface area contributed by atoms with Gasteiger partial charge in [-0.15, -0.1) is 0 Å². The number of nitrogens with one attached hydrogen (secondary N) is 1. The van der Waals surface area contributed by atoms with E-state index in [0.29, 0.717) is 0 Å². The van der Waals surface area contributed by atoms with Gasteiger partial charge in [-0.2, -0.15) is 0 Å². The number of nitrogens with zero attached hydrogens (tertiary/aromatic N) is 1. The maximum absolute atomic E-state index is 3.43. The van der Waals surface area contributed by atoms with Crippen LogP contribution in [0.15, 0.2) is 0 Å². The van der Waals surface area contributed by atoms with Gasteiger partial charge in [0.15, 0.2) is 0 Å². The molecule has 1 rings (SSSR count). The van der Waals surface area contributed by atoms with Crippen molar-refractivity contribution >= 4 is 0 Å². The molecule has 1 fully saturated rings. The van der Waals surface area contributed by atoms with Crippen molar-refractivity contribution in [3.8, 4) is 0 Å². The number of unbranched alkanes of at least 4 members (excludes halogenated alkanes) is 4. The molecule has 1 N–H and O–H groups in total. The minimum atomic E-state index is 0.762. The largest absolute Gasteiger partial charge is 0.317 e. The summed E-state index contributed by atoms with van der Waals surface area (Å²) in [7, 11) is 4.45. The van der Waals surface area contributed by atoms with Crippen LogP contribution in [0.3, 0.4) is 0 Å². The van der Waals surface area contributed by atoms with Gasteiger partial charge in [0.1, 0.15) is 0 Å². The van der Waals surface area contributed by atoms with Crippen LogP contribution in [0.25, 0.3) is 0 Å². The molecule has 0 saturated heterocycles. The van der Waals surface area contributed by atoms with Gasteiger partial charge in [-0.3, -0.25) is 0 Å². The summed E-state index contributed by atoms with van der Waals surface area (Å²) in [6.45, 7) is 4.71. The summed E-state index contributed by atoms with van der Waals surface area (Å²) in [5.41, 5.74) is 0. The van der Waals surface area contributed by atoms with E-state index >= 15 is 0 Å². The van der Waals surface area contributed by atoms with Gasteiger partial charge in [-0.05, 0) is 53.1 Å². The van der Waals surface area contributed by atoms with Gasteiger partial charge >= 0.3 is 0 Å². The summed E-state index contributed by atoms with van der Waals surface area (Å²) >= 11 is 0. The predicted molar refractivity (Wildman–Crippen MR) is 85.7 cm³/mol. The SMILES string of the molecule is CCCCCCCC(C)N(C)C1CCC(NC)CC1. The Labute approximate surface area is 121 Å². The Balaban J connectivity index is 2.15. The van der Waals surface area contributed by atoms with Crippen molar-refractivity contribution < 1.29 is 0 Å². The zero-order valence-electron chi connectivity index (χ0n) is 13.8. The molecule has 19 heavy (non-hydrogen) atoms. The molecule has 2 heteroatoms. The average Bonchev–Trinajstić information content (AvgIpc) is 2.46. The van der Waals surface area contributed by atoms with Crippen molar-refractivity contribution in [1.29, 1.82) is 0 Å². The molecule has 0 radical (unpaired) electrons. The van der Waals surface area contributed by atoms with Crippen LogP contribution in [0.5, 0.6) is 0 Å². The summed E-state index contributed by atoms with van der Waals surface area (Å²) < 4.78 is 0. The monoisotopic (exact) mass is 268 g/mol. The highest BCUT2D eigenvalue weighted by molar-refractivity contribution is 4.82. The lowest BCUT2D eigenvalue weighted by atomic mass is 9.89. The molecule has 0 aromatic heterocycles. The maximum Gasteiger partial charge on any atom is 0.00961 e. The minimum Gasteiger partial charge on any atom is -0.317 e. The van der Waals surface area contributed by atoms with Crippen LogP contribution >= 0.6 is 0 Å². The van der Waals surface area contributed by atoms with Gasteiger partial charge in [-0.1, -0.05) is 39.0 Å². The number of hydrogen-bond acceptors (Lipinski definition) is 2. The lowest BCUT2D eigenvalue weighted by Gasteiger charge is -2.38. The summed E-state index contributed by atoms with van der Waals surface area (Å²) in [4.78, 5) is 2.66. The second-order valence-electron chi connectivity index (χ2n) is 6.51. The fourth-order valence-electron chi connectivity index (χ4n) is 3.38. The van der Waals surface area contributed by atoms with E-state index in [1.54, 1.807) is 0 Å². The van der Waals surface area contributed by atoms with E-state index < -0.39 is 0 Å². The lowest BCUT2D eigenvalue weighted by molar-refractivity contribution is 0.129. The molecule has 2 nitrogen and oxygen atoms in total. The Morgan fingerprint density at radius 2 is 1.68 bits per heavy atom. The molecule has 0 heterocycles. The third-order valence-electron chi connectivity index (χ3n) is 5.10. The molecular formula is C17H36N2. The maximum atomic E-state index is 3.43. The van der Waals surface area contributed by atoms with Crippen LogP contribution in [0.1, 0.15) is 78.1 Å². The van der Waals surface area contributed by atoms with Crippen LogP contribution in [-0.2, 0) is 0 Å². The highest BCUT2D eigenvalue weighted by atomic mass is 15.2. The molecular weight excluding hydrogens is 232 g/mol. The van der Waals surface area contributed by atoms with E-state index in [0.717, 1.165) is 18.1 Å². The van der Waals surface area contributed by atoms with Gasteiger partial charge in [0.05, 0.1) is 0 Å². The van der Waals surface area contributed by atoms with E-state index in [4.69, 9.17) is 0 Å². The van der Waals surface area contributed by atoms with Crippen LogP contribution in [0.4, 0.5) is 0 Å². The molecule has 0 aromatic carbocycles. The Morgan fingerprint density at radius 3 is 2.26 bits per heavy atom. The molecule has 0 spiro atoms. The average molecular weight is 268 g/mol. The Hall–Kier alpha value is -0.0800. The smallest absolute Gasteiger partial charge is 0.00961 e. The van der Waals surface area contributed by atoms with Gasteiger partial charge in [-0.25, -0.2) is 0 Å². The molecule has 1 unspecified atom stereocenters. The van der Waals surface area contributed by atoms with Gasteiger partial charge < -0.3 is 10.2 Å². The molecule has 1 aliphatic carbocycles. The van der Waals surface area contributed by atoms with E-state index in [1.807, 2.05) is 0 Å². The zero-order valence-corrected chi connectivity index (χ0v) is 13.8. The Kier molecular flexibility index (Phi) is 8.72. The molecule has 1 atom stereocenters. The molecule has 114 valence electrons. The highest BCUT2D eigenvalue weighted by Crippen LogP contribution is 2.24. The quantitative estimate of drug-likeness (QED) is 0.631. The summed E-state index contributed by atoms with van der Waals surface area (Å²) in [6, 6.07) is 2.36. The second kappa shape index (κ2) is 9.77. The Morgan fingerprint density at radius 1 is 1.05 bits per heavy atom. The first kappa shape index (κ1) is 17.0. The van der Waals surface area contributed by atoms with Gasteiger partial charge in [0.25, 0.3) is 0 Å². The number of hydrogen-bond donors (Lipinski definition) is 1. The molecule has 0 bridgehead atoms. The molecule has 1 aliphatic rings. The standard InChI is InChI=1S/C17H36N2/c1-5-6-7-8-9-10-15(2)19(4)17-13-11-16(18-3)12-14-17/h15-18H,5-14H2,1-4H3. The first-order valence-electron chi connectivity index (χ1n) is 8.58. The minimum absolute atomic E-state index is 0.762. The van der Waals surface area contributed by atoms with Gasteiger partial charge in [0, 0.05) is 18.1 Å². The van der Waals surface area contributed by atoms with E-state index in [9.17, 15) is 0 Å². The fourth-order valence-corrected chi connectivity index (χ4v) is 3.38. The van der Waals surface area contributed by atoms with Crippen molar-refractivity contribution in [2.24, 2.45) is 0 Å². The van der Waals surface area contributed by atoms with Crippen LogP contribution in [0.2, 0.25) is 0 Å². The molecule has 0 aromatic rings. The van der Waals surface area contributed by atoms with Crippen molar-refractivity contribution in [1.82, 2.24) is 10.2 Å². The molecule has 0 amide bonds. The van der Waals surface area contributed by atoms with Crippen LogP contribution < -0.4 is 5.32 Å². The van der Waals surface area contributed by atoms with E-state index in [-0.39, 0.29) is 0 Å². The summed E-state index contributed by atoms with van der Waals surface area (Å²) in [5, 5.41) is 3.43. The molecule has 1 saturated carbocycles. The van der Waals surface area contributed by atoms with Crippen LogP contribution in [0, 0.1) is 0 Å².